The number of benzene rings is 1. The minimum atomic E-state index is -3.33. The van der Waals surface area contributed by atoms with Gasteiger partial charge in [0.1, 0.15) is 17.7 Å². The largest absolute Gasteiger partial charge is 0.471 e. The van der Waals surface area contributed by atoms with Crippen molar-refractivity contribution in [3.05, 3.63) is 30.0 Å². The van der Waals surface area contributed by atoms with E-state index in [0.717, 1.165) is 12.8 Å². The van der Waals surface area contributed by atoms with Gasteiger partial charge in [-0.15, -0.1) is 0 Å². The number of hydrogen-bond donors (Lipinski definition) is 1. The van der Waals surface area contributed by atoms with Gasteiger partial charge in [-0.1, -0.05) is 46.2 Å². The van der Waals surface area contributed by atoms with Crippen LogP contribution in [0.25, 0.3) is 11.0 Å². The highest BCUT2D eigenvalue weighted by Crippen LogP contribution is 2.44. The molecule has 1 N–H and O–H groups in total. The Labute approximate surface area is 257 Å². The van der Waals surface area contributed by atoms with E-state index < -0.39 is 65.2 Å². The molecule has 6 atom stereocenters. The second kappa shape index (κ2) is 11.9. The Morgan fingerprint density at radius 3 is 2.36 bits per heavy atom. The van der Waals surface area contributed by atoms with Gasteiger partial charge in [-0.2, -0.15) is 8.78 Å². The van der Waals surface area contributed by atoms with Crippen molar-refractivity contribution < 1.29 is 32.6 Å². The molecule has 5 rings (SSSR count). The van der Waals surface area contributed by atoms with Crippen molar-refractivity contribution in [2.75, 3.05) is 6.54 Å². The number of amides is 2. The molecule has 9 nitrogen and oxygen atoms in total. The van der Waals surface area contributed by atoms with Gasteiger partial charge < -0.3 is 19.7 Å². The molecule has 1 aliphatic carbocycles. The first kappa shape index (κ1) is 32.0. The van der Waals surface area contributed by atoms with Gasteiger partial charge in [-0.3, -0.25) is 9.59 Å². The minimum absolute atomic E-state index is 0.00572. The van der Waals surface area contributed by atoms with Gasteiger partial charge in [0.15, 0.2) is 11.5 Å². The van der Waals surface area contributed by atoms with E-state index in [2.05, 4.69) is 15.3 Å². The molecule has 0 radical (unpaired) electrons. The maximum atomic E-state index is 16.0. The topological polar surface area (TPSA) is 111 Å². The fraction of sp³-hybridized carbons (Fsp3) is 0.667. The summed E-state index contributed by atoms with van der Waals surface area (Å²) >= 11 is 0. The Hall–Kier alpha value is -3.37. The number of fused-ring (bicyclic) bond motifs is 5. The zero-order valence-electron chi connectivity index (χ0n) is 26.5. The van der Waals surface area contributed by atoms with Gasteiger partial charge in [-0.05, 0) is 69.4 Å². The predicted octanol–water partition coefficient (Wildman–Crippen LogP) is 6.18. The van der Waals surface area contributed by atoms with E-state index >= 15 is 8.78 Å². The molecule has 3 heterocycles. The molecule has 44 heavy (non-hydrogen) atoms. The number of carbonyl (C=O) groups is 3. The van der Waals surface area contributed by atoms with Crippen LogP contribution in [-0.2, 0) is 20.2 Å². The molecule has 0 spiro atoms. The lowest BCUT2D eigenvalue weighted by molar-refractivity contribution is -0.141. The minimum Gasteiger partial charge on any atom is -0.471 e. The van der Waals surface area contributed by atoms with Crippen LogP contribution in [0.1, 0.15) is 92.2 Å². The third-order valence-electron chi connectivity index (χ3n) is 9.73. The van der Waals surface area contributed by atoms with Crippen LogP contribution in [-0.4, -0.2) is 63.0 Å². The Morgan fingerprint density at radius 2 is 1.70 bits per heavy atom. The van der Waals surface area contributed by atoms with Crippen molar-refractivity contribution in [3.8, 4) is 5.88 Å². The van der Waals surface area contributed by atoms with Crippen LogP contribution in [0.2, 0.25) is 0 Å². The average molecular weight is 615 g/mol. The SMILES string of the molecule is CC(=O)[C@@H]1[C@H](C)[C@@H]2CN1C(=O)[C@H](C(C)(C)C)NC(=O)O[C@]1(C)CCC[C@H]1CCCCC(F)(F)c1nc3ccccc3nc1O2. The second-order valence-corrected chi connectivity index (χ2v) is 14.1. The van der Waals surface area contributed by atoms with Gasteiger partial charge >= 0.3 is 6.09 Å². The molecule has 11 heteroatoms. The molecular weight excluding hydrogens is 570 g/mol. The van der Waals surface area contributed by atoms with Gasteiger partial charge in [0, 0.05) is 12.3 Å². The summed E-state index contributed by atoms with van der Waals surface area (Å²) in [6, 6.07) is 4.88. The lowest BCUT2D eigenvalue weighted by Crippen LogP contribution is -2.58. The molecular formula is C33H44F2N4O5. The number of para-hydroxylation sites is 2. The number of alkyl halides is 2. The molecule has 2 bridgehead atoms. The summed E-state index contributed by atoms with van der Waals surface area (Å²) in [5, 5.41) is 2.83. The van der Waals surface area contributed by atoms with Crippen LogP contribution < -0.4 is 10.1 Å². The number of Topliss-reactive ketones (excluding diaryl/α,β-unsaturated/α-hetero) is 1. The van der Waals surface area contributed by atoms with E-state index in [1.54, 1.807) is 31.2 Å². The van der Waals surface area contributed by atoms with Gasteiger partial charge in [-0.25, -0.2) is 14.8 Å². The van der Waals surface area contributed by atoms with Gasteiger partial charge in [0.05, 0.1) is 23.6 Å². The Bertz CT molecular complexity index is 1430. The smallest absolute Gasteiger partial charge is 0.408 e. The normalized spacial score (nSPS) is 31.6. The fourth-order valence-electron chi connectivity index (χ4n) is 7.19. The number of nitrogens with one attached hydrogen (secondary N) is 1. The van der Waals surface area contributed by atoms with E-state index in [-0.39, 0.29) is 30.5 Å². The van der Waals surface area contributed by atoms with E-state index in [9.17, 15) is 14.4 Å². The molecule has 2 amide bonds. The Morgan fingerprint density at radius 1 is 1.05 bits per heavy atom. The third-order valence-corrected chi connectivity index (χ3v) is 9.73. The molecule has 2 aromatic rings. The van der Waals surface area contributed by atoms with Crippen molar-refractivity contribution in [2.24, 2.45) is 17.3 Å². The van der Waals surface area contributed by atoms with Crippen LogP contribution in [0, 0.1) is 17.3 Å². The van der Waals surface area contributed by atoms with Crippen LogP contribution in [0.4, 0.5) is 13.6 Å². The highest BCUT2D eigenvalue weighted by molar-refractivity contribution is 5.92. The van der Waals surface area contributed by atoms with Crippen LogP contribution in [0.3, 0.4) is 0 Å². The zero-order valence-corrected chi connectivity index (χ0v) is 26.5. The Kier molecular flexibility index (Phi) is 8.63. The summed E-state index contributed by atoms with van der Waals surface area (Å²) in [6.45, 7) is 10.5. The number of ether oxygens (including phenoxy) is 2. The van der Waals surface area contributed by atoms with Crippen LogP contribution >= 0.6 is 0 Å². The van der Waals surface area contributed by atoms with Crippen molar-refractivity contribution in [2.45, 2.75) is 116 Å². The van der Waals surface area contributed by atoms with Crippen molar-refractivity contribution in [1.82, 2.24) is 20.2 Å². The first-order valence-corrected chi connectivity index (χ1v) is 15.7. The van der Waals surface area contributed by atoms with Crippen molar-refractivity contribution >= 4 is 28.8 Å². The summed E-state index contributed by atoms with van der Waals surface area (Å²) in [6.07, 6.45) is 1.75. The highest BCUT2D eigenvalue weighted by atomic mass is 19.3. The lowest BCUT2D eigenvalue weighted by Gasteiger charge is -2.37. The van der Waals surface area contributed by atoms with E-state index in [4.69, 9.17) is 9.47 Å². The van der Waals surface area contributed by atoms with Gasteiger partial charge in [0.25, 0.3) is 5.92 Å². The summed E-state index contributed by atoms with van der Waals surface area (Å²) in [5.74, 6) is -4.89. The first-order chi connectivity index (χ1) is 20.6. The molecule has 1 aromatic heterocycles. The predicted molar refractivity (Wildman–Crippen MR) is 160 cm³/mol. The number of hydrogen-bond acceptors (Lipinski definition) is 7. The van der Waals surface area contributed by atoms with Crippen LogP contribution in [0.15, 0.2) is 24.3 Å². The Balaban J connectivity index is 1.58. The quantitative estimate of drug-likeness (QED) is 0.409. The summed E-state index contributed by atoms with van der Waals surface area (Å²) < 4.78 is 44.1. The summed E-state index contributed by atoms with van der Waals surface area (Å²) in [4.78, 5) is 50.7. The summed E-state index contributed by atoms with van der Waals surface area (Å²) in [7, 11) is 0. The summed E-state index contributed by atoms with van der Waals surface area (Å²) in [5.41, 5.74) is -1.31. The number of rotatable bonds is 1. The molecule has 240 valence electrons. The number of carbonyl (C=O) groups excluding carboxylic acids is 3. The molecule has 2 aliphatic heterocycles. The lowest BCUT2D eigenvalue weighted by atomic mass is 9.85. The first-order valence-electron chi connectivity index (χ1n) is 15.7. The molecule has 1 saturated carbocycles. The van der Waals surface area contributed by atoms with Gasteiger partial charge in [0.2, 0.25) is 11.8 Å². The molecule has 0 unspecified atom stereocenters. The maximum absolute atomic E-state index is 16.0. The molecule has 1 aromatic carbocycles. The fourth-order valence-corrected chi connectivity index (χ4v) is 7.19. The molecule has 1 saturated heterocycles. The monoisotopic (exact) mass is 614 g/mol. The zero-order chi connectivity index (χ0) is 32.0. The number of nitrogens with zero attached hydrogens (tertiary/aromatic N) is 3. The number of halogens is 2. The standard InChI is InChI=1S/C33H44F2N4O5/c1-19-24-18-39(25(19)20(2)40)29(41)27(31(3,4)5)38-30(42)44-32(6)16-11-13-21(32)12-9-10-17-33(34,35)26-28(43-24)37-23-15-8-7-14-22(23)36-26/h7-8,14-15,19,21,24-25,27H,9-13,16-18H2,1-6H3,(H,38,42)/t19-,21-,24+,25+,27-,32-/m1/s1. The van der Waals surface area contributed by atoms with Crippen molar-refractivity contribution in [3.63, 3.8) is 0 Å². The second-order valence-electron chi connectivity index (χ2n) is 14.1. The maximum Gasteiger partial charge on any atom is 0.408 e. The average Bonchev–Trinajstić information content (AvgIpc) is 3.46. The number of ketones is 1. The van der Waals surface area contributed by atoms with Crippen molar-refractivity contribution in [1.29, 1.82) is 0 Å². The van der Waals surface area contributed by atoms with E-state index in [1.807, 2.05) is 27.7 Å². The number of aromatic nitrogens is 2. The highest BCUT2D eigenvalue weighted by Gasteiger charge is 2.50. The third kappa shape index (κ3) is 6.24. The molecule has 2 fully saturated rings. The van der Waals surface area contributed by atoms with Crippen LogP contribution in [0.5, 0.6) is 5.88 Å². The number of alkyl carbamates (subject to hydrolysis) is 1. The van der Waals surface area contributed by atoms with E-state index in [1.165, 1.54) is 11.8 Å². The molecule has 3 aliphatic rings. The van der Waals surface area contributed by atoms with E-state index in [0.29, 0.717) is 30.3 Å².